The van der Waals surface area contributed by atoms with E-state index in [2.05, 4.69) is 22.8 Å². The quantitative estimate of drug-likeness (QED) is 0.421. The molecule has 1 aliphatic carbocycles. The van der Waals surface area contributed by atoms with E-state index >= 15 is 0 Å². The summed E-state index contributed by atoms with van der Waals surface area (Å²) in [6.07, 6.45) is -0.179. The fraction of sp³-hybridized carbons (Fsp3) is 0.250. The number of carbonyl (C=O) groups excluding carboxylic acids is 2. The molecule has 7 heteroatoms. The molecule has 1 unspecified atom stereocenters. The predicted octanol–water partition coefficient (Wildman–Crippen LogP) is 4.64. The number of fused-ring (bicyclic) bond motifs is 3. The van der Waals surface area contributed by atoms with Crippen molar-refractivity contribution in [3.8, 4) is 11.1 Å². The van der Waals surface area contributed by atoms with Crippen molar-refractivity contribution in [3.05, 3.63) is 95.6 Å². The van der Waals surface area contributed by atoms with E-state index < -0.39 is 30.1 Å². The van der Waals surface area contributed by atoms with Crippen LogP contribution in [0.1, 0.15) is 48.4 Å². The first-order valence-electron chi connectivity index (χ1n) is 11.7. The highest BCUT2D eigenvalue weighted by atomic mass is 16.5. The molecule has 0 heterocycles. The Hall–Kier alpha value is -4.13. The minimum absolute atomic E-state index is 0.0567. The van der Waals surface area contributed by atoms with Crippen LogP contribution in [0.25, 0.3) is 11.1 Å². The van der Waals surface area contributed by atoms with Gasteiger partial charge >= 0.3 is 12.1 Å². The van der Waals surface area contributed by atoms with E-state index in [0.29, 0.717) is 12.0 Å². The Morgan fingerprint density at radius 1 is 0.857 bits per heavy atom. The molecule has 0 saturated heterocycles. The summed E-state index contributed by atoms with van der Waals surface area (Å²) in [5, 5.41) is 14.8. The molecule has 180 valence electrons. The molecule has 1 aliphatic rings. The average molecular weight is 473 g/mol. The van der Waals surface area contributed by atoms with Gasteiger partial charge in [-0.05, 0) is 34.2 Å². The van der Waals surface area contributed by atoms with E-state index in [1.54, 1.807) is 30.3 Å². The number of carboxylic acid groups (broad SMARTS) is 1. The van der Waals surface area contributed by atoms with E-state index in [4.69, 9.17) is 4.74 Å². The van der Waals surface area contributed by atoms with Crippen LogP contribution in [-0.2, 0) is 14.3 Å². The van der Waals surface area contributed by atoms with Crippen LogP contribution in [0, 0.1) is 0 Å². The number of ether oxygens (including phenoxy) is 1. The Morgan fingerprint density at radius 2 is 1.43 bits per heavy atom. The highest BCUT2D eigenvalue weighted by Gasteiger charge is 2.29. The highest BCUT2D eigenvalue weighted by molar-refractivity contribution is 5.85. The molecule has 0 spiro atoms. The van der Waals surface area contributed by atoms with Crippen molar-refractivity contribution in [2.45, 2.75) is 37.8 Å². The molecule has 2 amide bonds. The van der Waals surface area contributed by atoms with Crippen molar-refractivity contribution in [1.29, 1.82) is 0 Å². The van der Waals surface area contributed by atoms with Crippen molar-refractivity contribution in [2.24, 2.45) is 0 Å². The Bertz CT molecular complexity index is 1170. The molecule has 4 rings (SSSR count). The van der Waals surface area contributed by atoms with Crippen LogP contribution in [0.3, 0.4) is 0 Å². The number of rotatable bonds is 9. The number of hydrogen-bond acceptors (Lipinski definition) is 4. The lowest BCUT2D eigenvalue weighted by atomic mass is 9.98. The standard InChI is InChI=1S/C28H28N2O5/c1-2-19(16-25(31)30-26(27(32)33)18-10-4-3-5-11-18)29-28(34)35-17-24-22-14-8-6-12-20(22)21-13-7-9-15-23(21)24/h3-15,19,24,26H,2,16-17H2,1H3,(H,29,34)(H,30,31)(H,32,33)/t19-,26?/m1/s1. The second-order valence-electron chi connectivity index (χ2n) is 8.53. The molecule has 0 aliphatic heterocycles. The van der Waals surface area contributed by atoms with Gasteiger partial charge in [-0.25, -0.2) is 9.59 Å². The molecule has 0 fully saturated rings. The maximum atomic E-state index is 12.6. The van der Waals surface area contributed by atoms with Crippen LogP contribution >= 0.6 is 0 Å². The largest absolute Gasteiger partial charge is 0.479 e. The zero-order valence-electron chi connectivity index (χ0n) is 19.4. The SMILES string of the molecule is CC[C@H](CC(=O)NC(C(=O)O)c1ccccc1)NC(=O)OCC1c2ccccc2-c2ccccc21. The van der Waals surface area contributed by atoms with Crippen LogP contribution in [0.4, 0.5) is 4.79 Å². The molecular weight excluding hydrogens is 444 g/mol. The van der Waals surface area contributed by atoms with E-state index in [-0.39, 0.29) is 18.9 Å². The van der Waals surface area contributed by atoms with Crippen LogP contribution < -0.4 is 10.6 Å². The molecule has 2 atom stereocenters. The Labute approximate surface area is 204 Å². The summed E-state index contributed by atoms with van der Waals surface area (Å²) in [5.74, 6) is -1.67. The summed E-state index contributed by atoms with van der Waals surface area (Å²) >= 11 is 0. The first-order valence-corrected chi connectivity index (χ1v) is 11.7. The molecule has 0 saturated carbocycles. The van der Waals surface area contributed by atoms with Crippen molar-refractivity contribution < 1.29 is 24.2 Å². The highest BCUT2D eigenvalue weighted by Crippen LogP contribution is 2.44. The van der Waals surface area contributed by atoms with E-state index in [9.17, 15) is 19.5 Å². The average Bonchev–Trinajstić information content (AvgIpc) is 3.19. The topological polar surface area (TPSA) is 105 Å². The van der Waals surface area contributed by atoms with Crippen LogP contribution in [-0.4, -0.2) is 35.7 Å². The van der Waals surface area contributed by atoms with Gasteiger partial charge in [0.15, 0.2) is 6.04 Å². The van der Waals surface area contributed by atoms with Gasteiger partial charge in [-0.2, -0.15) is 0 Å². The first-order chi connectivity index (χ1) is 17.0. The third kappa shape index (κ3) is 5.51. The molecule has 0 radical (unpaired) electrons. The summed E-state index contributed by atoms with van der Waals surface area (Å²) in [7, 11) is 0. The molecule has 7 nitrogen and oxygen atoms in total. The van der Waals surface area contributed by atoms with Gasteiger partial charge in [-0.1, -0.05) is 85.8 Å². The maximum Gasteiger partial charge on any atom is 0.407 e. The predicted molar refractivity (Wildman–Crippen MR) is 132 cm³/mol. The fourth-order valence-electron chi connectivity index (χ4n) is 4.48. The van der Waals surface area contributed by atoms with Gasteiger partial charge in [0, 0.05) is 18.4 Å². The Morgan fingerprint density at radius 3 is 2.00 bits per heavy atom. The summed E-state index contributed by atoms with van der Waals surface area (Å²) in [4.78, 5) is 36.8. The van der Waals surface area contributed by atoms with E-state index in [1.165, 1.54) is 0 Å². The summed E-state index contributed by atoms with van der Waals surface area (Å²) in [5.41, 5.74) is 5.01. The number of amides is 2. The lowest BCUT2D eigenvalue weighted by molar-refractivity contribution is -0.142. The summed E-state index contributed by atoms with van der Waals surface area (Å²) < 4.78 is 5.57. The van der Waals surface area contributed by atoms with Crippen LogP contribution in [0.5, 0.6) is 0 Å². The molecule has 3 N–H and O–H groups in total. The number of carboxylic acids is 1. The number of benzene rings is 3. The van der Waals surface area contributed by atoms with Gasteiger partial charge in [0.1, 0.15) is 6.61 Å². The zero-order valence-corrected chi connectivity index (χ0v) is 19.4. The van der Waals surface area contributed by atoms with Crippen LogP contribution in [0.2, 0.25) is 0 Å². The summed E-state index contributed by atoms with van der Waals surface area (Å²) in [6.45, 7) is 2.02. The van der Waals surface area contributed by atoms with Gasteiger partial charge < -0.3 is 20.5 Å². The lowest BCUT2D eigenvalue weighted by Crippen LogP contribution is -2.41. The zero-order chi connectivity index (χ0) is 24.8. The van der Waals surface area contributed by atoms with Crippen molar-refractivity contribution in [1.82, 2.24) is 10.6 Å². The molecule has 3 aromatic rings. The minimum atomic E-state index is -1.16. The molecule has 35 heavy (non-hydrogen) atoms. The second kappa shape index (κ2) is 10.9. The number of hydrogen-bond donors (Lipinski definition) is 3. The summed E-state index contributed by atoms with van der Waals surface area (Å²) in [6, 6.07) is 23.0. The first kappa shape index (κ1) is 24.0. The number of carbonyl (C=O) groups is 3. The maximum absolute atomic E-state index is 12.6. The lowest BCUT2D eigenvalue weighted by Gasteiger charge is -2.20. The number of alkyl carbamates (subject to hydrolysis) is 1. The molecular formula is C28H28N2O5. The fourth-order valence-corrected chi connectivity index (χ4v) is 4.48. The number of aliphatic carboxylic acids is 1. The van der Waals surface area contributed by atoms with E-state index in [0.717, 1.165) is 22.3 Å². The van der Waals surface area contributed by atoms with Gasteiger partial charge in [0.25, 0.3) is 0 Å². The van der Waals surface area contributed by atoms with Crippen molar-refractivity contribution >= 4 is 18.0 Å². The van der Waals surface area contributed by atoms with Crippen molar-refractivity contribution in [2.75, 3.05) is 6.61 Å². The Kier molecular flexibility index (Phi) is 7.45. The van der Waals surface area contributed by atoms with Gasteiger partial charge in [0.2, 0.25) is 5.91 Å². The second-order valence-corrected chi connectivity index (χ2v) is 8.53. The normalized spacial score (nSPS) is 13.7. The smallest absolute Gasteiger partial charge is 0.407 e. The monoisotopic (exact) mass is 472 g/mol. The minimum Gasteiger partial charge on any atom is -0.479 e. The van der Waals surface area contributed by atoms with E-state index in [1.807, 2.05) is 43.3 Å². The third-order valence-corrected chi connectivity index (χ3v) is 6.28. The van der Waals surface area contributed by atoms with Gasteiger partial charge in [-0.3, -0.25) is 4.79 Å². The molecule has 0 aromatic heterocycles. The number of nitrogens with one attached hydrogen (secondary N) is 2. The van der Waals surface area contributed by atoms with Crippen LogP contribution in [0.15, 0.2) is 78.9 Å². The molecule has 3 aromatic carbocycles. The molecule has 0 bridgehead atoms. The Balaban J connectivity index is 1.34. The van der Waals surface area contributed by atoms with Gasteiger partial charge in [-0.15, -0.1) is 0 Å². The van der Waals surface area contributed by atoms with Crippen molar-refractivity contribution in [3.63, 3.8) is 0 Å². The van der Waals surface area contributed by atoms with Gasteiger partial charge in [0.05, 0.1) is 0 Å². The third-order valence-electron chi connectivity index (χ3n) is 6.28.